The molecule has 1 unspecified atom stereocenters. The zero-order chi connectivity index (χ0) is 12.1. The van der Waals surface area contributed by atoms with Crippen LogP contribution in [-0.4, -0.2) is 16.4 Å². The van der Waals surface area contributed by atoms with Crippen LogP contribution in [0.4, 0.5) is 5.69 Å². The van der Waals surface area contributed by atoms with Gasteiger partial charge in [0.15, 0.2) is 0 Å². The van der Waals surface area contributed by atoms with Crippen molar-refractivity contribution in [3.8, 4) is 5.75 Å². The molecule has 1 amide bonds. The van der Waals surface area contributed by atoms with Crippen molar-refractivity contribution >= 4 is 23.2 Å². The van der Waals surface area contributed by atoms with Gasteiger partial charge in [-0.1, -0.05) is 13.8 Å². The van der Waals surface area contributed by atoms with E-state index in [9.17, 15) is 4.79 Å². The Morgan fingerprint density at radius 2 is 1.94 bits per heavy atom. The van der Waals surface area contributed by atoms with Crippen LogP contribution in [0, 0.1) is 5.92 Å². The number of alkyl halides is 1. The summed E-state index contributed by atoms with van der Waals surface area (Å²) in [5.74, 6) is 0.344. The minimum Gasteiger partial charge on any atom is -0.508 e. The quantitative estimate of drug-likeness (QED) is 0.629. The molecule has 0 saturated heterocycles. The van der Waals surface area contributed by atoms with E-state index in [0.717, 1.165) is 0 Å². The monoisotopic (exact) mass is 241 g/mol. The summed E-state index contributed by atoms with van der Waals surface area (Å²) in [6, 6.07) is 6.29. The normalized spacial score (nSPS) is 12.5. The molecule has 1 atom stereocenters. The van der Waals surface area contributed by atoms with Crippen LogP contribution < -0.4 is 5.32 Å². The largest absolute Gasteiger partial charge is 0.508 e. The van der Waals surface area contributed by atoms with Crippen LogP contribution in [0.5, 0.6) is 5.75 Å². The maximum atomic E-state index is 11.6. The number of amides is 1. The van der Waals surface area contributed by atoms with E-state index in [2.05, 4.69) is 5.32 Å². The number of nitrogens with one attached hydrogen (secondary N) is 1. The van der Waals surface area contributed by atoms with Crippen LogP contribution in [0.15, 0.2) is 24.3 Å². The van der Waals surface area contributed by atoms with Gasteiger partial charge in [0.25, 0.3) is 0 Å². The van der Waals surface area contributed by atoms with Gasteiger partial charge in [0.05, 0.1) is 0 Å². The Morgan fingerprint density at radius 3 is 2.44 bits per heavy atom. The second-order valence-electron chi connectivity index (χ2n) is 4.13. The zero-order valence-corrected chi connectivity index (χ0v) is 10.2. The molecule has 0 fully saturated rings. The van der Waals surface area contributed by atoms with E-state index in [-0.39, 0.29) is 11.7 Å². The number of carbonyl (C=O) groups is 1. The van der Waals surface area contributed by atoms with E-state index in [0.29, 0.717) is 18.0 Å². The molecule has 0 heterocycles. The first-order chi connectivity index (χ1) is 7.49. The average Bonchev–Trinajstić information content (AvgIpc) is 2.20. The number of aromatic hydroxyl groups is 1. The van der Waals surface area contributed by atoms with Crippen LogP contribution >= 0.6 is 11.6 Å². The molecule has 0 bridgehead atoms. The fraction of sp³-hybridized carbons (Fsp3) is 0.417. The van der Waals surface area contributed by atoms with Crippen LogP contribution in [0.3, 0.4) is 0 Å². The lowest BCUT2D eigenvalue weighted by Gasteiger charge is -2.12. The average molecular weight is 242 g/mol. The van der Waals surface area contributed by atoms with Crippen molar-refractivity contribution in [1.29, 1.82) is 0 Å². The molecule has 3 nitrogen and oxygen atoms in total. The van der Waals surface area contributed by atoms with Gasteiger partial charge in [0.1, 0.15) is 11.1 Å². The maximum absolute atomic E-state index is 11.6. The lowest BCUT2D eigenvalue weighted by atomic mass is 10.1. The third kappa shape index (κ3) is 4.11. The first-order valence-corrected chi connectivity index (χ1v) is 5.66. The number of hydrogen-bond donors (Lipinski definition) is 2. The highest BCUT2D eigenvalue weighted by Gasteiger charge is 2.16. The van der Waals surface area contributed by atoms with Gasteiger partial charge in [-0.05, 0) is 36.6 Å². The SMILES string of the molecule is CC(C)CC(Cl)C(=O)Nc1ccc(O)cc1. The number of phenols is 1. The van der Waals surface area contributed by atoms with Gasteiger partial charge in [0.2, 0.25) is 5.91 Å². The summed E-state index contributed by atoms with van der Waals surface area (Å²) < 4.78 is 0. The molecule has 1 rings (SSSR count). The van der Waals surface area contributed by atoms with Crippen molar-refractivity contribution < 1.29 is 9.90 Å². The lowest BCUT2D eigenvalue weighted by molar-refractivity contribution is -0.116. The smallest absolute Gasteiger partial charge is 0.242 e. The number of hydrogen-bond acceptors (Lipinski definition) is 2. The second kappa shape index (κ2) is 5.75. The first-order valence-electron chi connectivity index (χ1n) is 5.23. The standard InChI is InChI=1S/C12H16ClNO2/c1-8(2)7-11(13)12(16)14-9-3-5-10(15)6-4-9/h3-6,8,11,15H,7H2,1-2H3,(H,14,16). The summed E-state index contributed by atoms with van der Waals surface area (Å²) in [5, 5.41) is 11.3. The van der Waals surface area contributed by atoms with Crippen molar-refractivity contribution in [3.63, 3.8) is 0 Å². The van der Waals surface area contributed by atoms with Gasteiger partial charge < -0.3 is 10.4 Å². The van der Waals surface area contributed by atoms with Gasteiger partial charge in [-0.15, -0.1) is 11.6 Å². The highest BCUT2D eigenvalue weighted by molar-refractivity contribution is 6.32. The Balaban J connectivity index is 2.54. The summed E-state index contributed by atoms with van der Waals surface area (Å²) in [5.41, 5.74) is 0.636. The summed E-state index contributed by atoms with van der Waals surface area (Å²) >= 11 is 5.95. The van der Waals surface area contributed by atoms with Gasteiger partial charge in [0, 0.05) is 5.69 Å². The Hall–Kier alpha value is -1.22. The Labute approximate surface area is 100 Å². The zero-order valence-electron chi connectivity index (χ0n) is 9.40. The summed E-state index contributed by atoms with van der Waals surface area (Å²) in [6.07, 6.45) is 0.644. The lowest BCUT2D eigenvalue weighted by Crippen LogP contribution is -2.24. The Bertz CT molecular complexity index is 349. The molecular weight excluding hydrogens is 226 g/mol. The number of halogens is 1. The van der Waals surface area contributed by atoms with E-state index < -0.39 is 5.38 Å². The van der Waals surface area contributed by atoms with Gasteiger partial charge in [-0.25, -0.2) is 0 Å². The van der Waals surface area contributed by atoms with Gasteiger partial charge >= 0.3 is 0 Å². The van der Waals surface area contributed by atoms with Crippen molar-refractivity contribution in [1.82, 2.24) is 0 Å². The Morgan fingerprint density at radius 1 is 1.38 bits per heavy atom. The molecule has 0 radical (unpaired) electrons. The molecular formula is C12H16ClNO2. The molecule has 1 aromatic carbocycles. The molecule has 0 aliphatic rings. The van der Waals surface area contributed by atoms with Crippen LogP contribution in [-0.2, 0) is 4.79 Å². The van der Waals surface area contributed by atoms with Crippen molar-refractivity contribution in [3.05, 3.63) is 24.3 Å². The number of phenolic OH excluding ortho intramolecular Hbond substituents is 1. The van der Waals surface area contributed by atoms with Crippen LogP contribution in [0.25, 0.3) is 0 Å². The van der Waals surface area contributed by atoms with E-state index in [1.807, 2.05) is 13.8 Å². The van der Waals surface area contributed by atoms with Gasteiger partial charge in [-0.2, -0.15) is 0 Å². The van der Waals surface area contributed by atoms with Gasteiger partial charge in [-0.3, -0.25) is 4.79 Å². The fourth-order valence-electron chi connectivity index (χ4n) is 1.29. The molecule has 0 aliphatic heterocycles. The summed E-state index contributed by atoms with van der Waals surface area (Å²) in [4.78, 5) is 11.6. The number of rotatable bonds is 4. The van der Waals surface area contributed by atoms with E-state index in [1.165, 1.54) is 12.1 Å². The third-order valence-corrected chi connectivity index (χ3v) is 2.47. The summed E-state index contributed by atoms with van der Waals surface area (Å²) in [6.45, 7) is 4.03. The molecule has 0 spiro atoms. The molecule has 0 aromatic heterocycles. The molecule has 0 saturated carbocycles. The fourth-order valence-corrected chi connectivity index (χ4v) is 1.70. The molecule has 0 aliphatic carbocycles. The molecule has 2 N–H and O–H groups in total. The minimum absolute atomic E-state index is 0.169. The topological polar surface area (TPSA) is 49.3 Å². The van der Waals surface area contributed by atoms with Crippen molar-refractivity contribution in [2.24, 2.45) is 5.92 Å². The predicted octanol–water partition coefficient (Wildman–Crippen LogP) is 2.98. The molecule has 1 aromatic rings. The molecule has 16 heavy (non-hydrogen) atoms. The minimum atomic E-state index is -0.520. The third-order valence-electron chi connectivity index (χ3n) is 2.10. The van der Waals surface area contributed by atoms with Crippen molar-refractivity contribution in [2.45, 2.75) is 25.6 Å². The van der Waals surface area contributed by atoms with Crippen molar-refractivity contribution in [2.75, 3.05) is 5.32 Å². The molecule has 4 heteroatoms. The second-order valence-corrected chi connectivity index (χ2v) is 4.66. The highest BCUT2D eigenvalue weighted by Crippen LogP contribution is 2.16. The van der Waals surface area contributed by atoms with E-state index in [4.69, 9.17) is 16.7 Å². The number of carbonyl (C=O) groups excluding carboxylic acids is 1. The summed E-state index contributed by atoms with van der Waals surface area (Å²) in [7, 11) is 0. The van der Waals surface area contributed by atoms with Crippen LogP contribution in [0.2, 0.25) is 0 Å². The first kappa shape index (κ1) is 12.8. The molecule has 88 valence electrons. The number of anilines is 1. The number of benzene rings is 1. The maximum Gasteiger partial charge on any atom is 0.242 e. The Kier molecular flexibility index (Phi) is 4.62. The van der Waals surface area contributed by atoms with E-state index >= 15 is 0 Å². The predicted molar refractivity (Wildman–Crippen MR) is 65.8 cm³/mol. The highest BCUT2D eigenvalue weighted by atomic mass is 35.5. The van der Waals surface area contributed by atoms with Crippen LogP contribution in [0.1, 0.15) is 20.3 Å². The van der Waals surface area contributed by atoms with E-state index in [1.54, 1.807) is 12.1 Å².